The SMILES string of the molecule is Clc1ccc(CNc2nncc(Nc3ccc(Cl)cc3)n2)cc1. The third kappa shape index (κ3) is 4.55. The zero-order chi connectivity index (χ0) is 16.1. The predicted molar refractivity (Wildman–Crippen MR) is 93.3 cm³/mol. The van der Waals surface area contributed by atoms with E-state index in [0.29, 0.717) is 28.4 Å². The molecule has 23 heavy (non-hydrogen) atoms. The van der Waals surface area contributed by atoms with E-state index in [1.165, 1.54) is 0 Å². The summed E-state index contributed by atoms with van der Waals surface area (Å²) in [6, 6.07) is 14.9. The summed E-state index contributed by atoms with van der Waals surface area (Å²) < 4.78 is 0. The van der Waals surface area contributed by atoms with Gasteiger partial charge in [-0.1, -0.05) is 35.3 Å². The average molecular weight is 346 g/mol. The summed E-state index contributed by atoms with van der Waals surface area (Å²) >= 11 is 11.7. The number of rotatable bonds is 5. The van der Waals surface area contributed by atoms with Crippen molar-refractivity contribution in [3.05, 3.63) is 70.3 Å². The molecule has 0 aliphatic rings. The third-order valence-corrected chi connectivity index (χ3v) is 3.54. The maximum atomic E-state index is 5.87. The van der Waals surface area contributed by atoms with Gasteiger partial charge in [0.05, 0.1) is 6.20 Å². The highest BCUT2D eigenvalue weighted by Crippen LogP contribution is 2.17. The molecule has 0 atom stereocenters. The van der Waals surface area contributed by atoms with Gasteiger partial charge in [-0.25, -0.2) is 0 Å². The molecule has 0 spiro atoms. The zero-order valence-corrected chi connectivity index (χ0v) is 13.5. The lowest BCUT2D eigenvalue weighted by Gasteiger charge is -2.08. The van der Waals surface area contributed by atoms with Crippen molar-refractivity contribution < 1.29 is 0 Å². The standard InChI is InChI=1S/C16H13Cl2N5/c17-12-3-1-11(2-4-12)9-19-16-22-15(10-20-23-16)21-14-7-5-13(18)6-8-14/h1-8,10H,9H2,(H2,19,21,22,23). The molecule has 3 rings (SSSR count). The largest absolute Gasteiger partial charge is 0.349 e. The van der Waals surface area contributed by atoms with E-state index >= 15 is 0 Å². The molecule has 116 valence electrons. The molecule has 0 bridgehead atoms. The molecule has 1 heterocycles. The van der Waals surface area contributed by atoms with E-state index in [1.807, 2.05) is 36.4 Å². The van der Waals surface area contributed by atoms with Crippen molar-refractivity contribution in [2.45, 2.75) is 6.54 Å². The first-order valence-corrected chi connectivity index (χ1v) is 7.65. The Bertz CT molecular complexity index is 775. The van der Waals surface area contributed by atoms with E-state index in [4.69, 9.17) is 23.2 Å². The molecule has 7 heteroatoms. The van der Waals surface area contributed by atoms with Crippen molar-refractivity contribution in [3.8, 4) is 0 Å². The minimum Gasteiger partial charge on any atom is -0.349 e. The first kappa shape index (κ1) is 15.5. The topological polar surface area (TPSA) is 62.7 Å². The second kappa shape index (κ2) is 7.26. The van der Waals surface area contributed by atoms with Crippen molar-refractivity contribution in [2.75, 3.05) is 10.6 Å². The molecule has 0 saturated heterocycles. The lowest BCUT2D eigenvalue weighted by molar-refractivity contribution is 0.949. The summed E-state index contributed by atoms with van der Waals surface area (Å²) in [4.78, 5) is 4.37. The molecule has 2 N–H and O–H groups in total. The highest BCUT2D eigenvalue weighted by molar-refractivity contribution is 6.30. The summed E-state index contributed by atoms with van der Waals surface area (Å²) in [7, 11) is 0. The number of hydrogen-bond donors (Lipinski definition) is 2. The maximum absolute atomic E-state index is 5.87. The summed E-state index contributed by atoms with van der Waals surface area (Å²) in [6.07, 6.45) is 1.56. The van der Waals surface area contributed by atoms with Crippen molar-refractivity contribution in [3.63, 3.8) is 0 Å². The Labute approximate surface area is 143 Å². The van der Waals surface area contributed by atoms with E-state index < -0.39 is 0 Å². The van der Waals surface area contributed by atoms with Gasteiger partial charge in [0.15, 0.2) is 5.82 Å². The van der Waals surface area contributed by atoms with Gasteiger partial charge < -0.3 is 10.6 Å². The summed E-state index contributed by atoms with van der Waals surface area (Å²) in [5.74, 6) is 1.04. The quantitative estimate of drug-likeness (QED) is 0.710. The lowest BCUT2D eigenvalue weighted by atomic mass is 10.2. The maximum Gasteiger partial charge on any atom is 0.244 e. The molecule has 0 aliphatic heterocycles. The van der Waals surface area contributed by atoms with Crippen LogP contribution < -0.4 is 10.6 Å². The molecule has 0 radical (unpaired) electrons. The van der Waals surface area contributed by atoms with E-state index in [0.717, 1.165) is 11.3 Å². The fraction of sp³-hybridized carbons (Fsp3) is 0.0625. The van der Waals surface area contributed by atoms with Gasteiger partial charge in [-0.3, -0.25) is 0 Å². The minimum absolute atomic E-state index is 0.443. The summed E-state index contributed by atoms with van der Waals surface area (Å²) in [5, 5.41) is 15.6. The molecule has 0 amide bonds. The van der Waals surface area contributed by atoms with Crippen LogP contribution in [0.5, 0.6) is 0 Å². The van der Waals surface area contributed by atoms with Gasteiger partial charge >= 0.3 is 0 Å². The van der Waals surface area contributed by atoms with Gasteiger partial charge in [0.1, 0.15) is 0 Å². The fourth-order valence-electron chi connectivity index (χ4n) is 1.90. The molecule has 0 aliphatic carbocycles. The molecule has 2 aromatic carbocycles. The Morgan fingerprint density at radius 3 is 2.22 bits per heavy atom. The van der Waals surface area contributed by atoms with E-state index in [1.54, 1.807) is 18.3 Å². The fourth-order valence-corrected chi connectivity index (χ4v) is 2.16. The Morgan fingerprint density at radius 2 is 1.52 bits per heavy atom. The Balaban J connectivity index is 1.65. The van der Waals surface area contributed by atoms with E-state index in [2.05, 4.69) is 25.8 Å². The molecule has 0 saturated carbocycles. The van der Waals surface area contributed by atoms with Crippen LogP contribution in [-0.2, 0) is 6.54 Å². The highest BCUT2D eigenvalue weighted by Gasteiger charge is 2.02. The number of nitrogens with zero attached hydrogens (tertiary/aromatic N) is 3. The summed E-state index contributed by atoms with van der Waals surface area (Å²) in [5.41, 5.74) is 1.95. The number of hydrogen-bond acceptors (Lipinski definition) is 5. The monoisotopic (exact) mass is 345 g/mol. The molecule has 0 unspecified atom stereocenters. The van der Waals surface area contributed by atoms with Gasteiger partial charge in [-0.15, -0.1) is 5.10 Å². The molecule has 1 aromatic heterocycles. The lowest BCUT2D eigenvalue weighted by Crippen LogP contribution is -2.06. The number of nitrogens with one attached hydrogen (secondary N) is 2. The van der Waals surface area contributed by atoms with Gasteiger partial charge in [-0.2, -0.15) is 10.1 Å². The van der Waals surface area contributed by atoms with Crippen molar-refractivity contribution >= 4 is 40.7 Å². The number of aromatic nitrogens is 3. The Kier molecular flexibility index (Phi) is 4.90. The summed E-state index contributed by atoms with van der Waals surface area (Å²) in [6.45, 7) is 0.587. The molecule has 5 nitrogen and oxygen atoms in total. The van der Waals surface area contributed by atoms with Crippen LogP contribution in [0.25, 0.3) is 0 Å². The second-order valence-electron chi connectivity index (χ2n) is 4.78. The highest BCUT2D eigenvalue weighted by atomic mass is 35.5. The van der Waals surface area contributed by atoms with E-state index in [-0.39, 0.29) is 0 Å². The molecule has 3 aromatic rings. The van der Waals surface area contributed by atoms with Crippen molar-refractivity contribution in [2.24, 2.45) is 0 Å². The Morgan fingerprint density at radius 1 is 0.870 bits per heavy atom. The van der Waals surface area contributed by atoms with Gasteiger partial charge in [-0.05, 0) is 42.0 Å². The Hall–Kier alpha value is -2.37. The smallest absolute Gasteiger partial charge is 0.244 e. The molecular weight excluding hydrogens is 333 g/mol. The number of anilines is 3. The predicted octanol–water partition coefficient (Wildman–Crippen LogP) is 4.53. The number of benzene rings is 2. The van der Waals surface area contributed by atoms with Crippen molar-refractivity contribution in [1.82, 2.24) is 15.2 Å². The van der Waals surface area contributed by atoms with Crippen molar-refractivity contribution in [1.29, 1.82) is 0 Å². The van der Waals surface area contributed by atoms with E-state index in [9.17, 15) is 0 Å². The third-order valence-electron chi connectivity index (χ3n) is 3.04. The van der Waals surface area contributed by atoms with Crippen LogP contribution in [0.4, 0.5) is 17.5 Å². The van der Waals surface area contributed by atoms with Crippen LogP contribution in [0.2, 0.25) is 10.0 Å². The van der Waals surface area contributed by atoms with Gasteiger partial charge in [0.2, 0.25) is 5.95 Å². The van der Waals surface area contributed by atoms with Gasteiger partial charge in [0, 0.05) is 22.3 Å². The van der Waals surface area contributed by atoms with Crippen LogP contribution >= 0.6 is 23.2 Å². The van der Waals surface area contributed by atoms with Crippen LogP contribution in [0.3, 0.4) is 0 Å². The molecular formula is C16H13Cl2N5. The second-order valence-corrected chi connectivity index (χ2v) is 5.65. The van der Waals surface area contributed by atoms with Crippen LogP contribution in [-0.4, -0.2) is 15.2 Å². The molecule has 0 fully saturated rings. The minimum atomic E-state index is 0.443. The first-order chi connectivity index (χ1) is 11.2. The van der Waals surface area contributed by atoms with Crippen LogP contribution in [0.15, 0.2) is 54.7 Å². The first-order valence-electron chi connectivity index (χ1n) is 6.90. The normalized spacial score (nSPS) is 10.3. The van der Waals surface area contributed by atoms with Crippen LogP contribution in [0.1, 0.15) is 5.56 Å². The number of halogens is 2. The average Bonchev–Trinajstić information content (AvgIpc) is 2.57. The zero-order valence-electron chi connectivity index (χ0n) is 12.0. The van der Waals surface area contributed by atoms with Crippen LogP contribution in [0, 0.1) is 0 Å². The van der Waals surface area contributed by atoms with Gasteiger partial charge in [0.25, 0.3) is 0 Å².